The van der Waals surface area contributed by atoms with E-state index < -0.39 is 0 Å². The number of carbonyl (C=O) groups is 1. The van der Waals surface area contributed by atoms with Crippen molar-refractivity contribution in [3.8, 4) is 11.4 Å². The zero-order chi connectivity index (χ0) is 19.4. The summed E-state index contributed by atoms with van der Waals surface area (Å²) in [6.07, 6.45) is 5.26. The van der Waals surface area contributed by atoms with E-state index in [1.165, 1.54) is 0 Å². The molecule has 27 heavy (non-hydrogen) atoms. The lowest BCUT2D eigenvalue weighted by Crippen LogP contribution is -2.37. The molecule has 3 rings (SSSR count). The first kappa shape index (κ1) is 19.2. The van der Waals surface area contributed by atoms with Crippen molar-refractivity contribution in [1.29, 1.82) is 0 Å². The smallest absolute Gasteiger partial charge is 0.219 e. The Hall–Kier alpha value is -2.54. The maximum Gasteiger partial charge on any atom is 0.219 e. The molecule has 0 radical (unpaired) electrons. The molecule has 0 spiro atoms. The van der Waals surface area contributed by atoms with Gasteiger partial charge < -0.3 is 15.1 Å². The summed E-state index contributed by atoms with van der Waals surface area (Å²) >= 11 is 0. The molecule has 7 nitrogen and oxygen atoms in total. The van der Waals surface area contributed by atoms with Gasteiger partial charge in [-0.1, -0.05) is 6.92 Å². The summed E-state index contributed by atoms with van der Waals surface area (Å²) in [6, 6.07) is 4.12. The van der Waals surface area contributed by atoms with Crippen LogP contribution in [0.2, 0.25) is 0 Å². The van der Waals surface area contributed by atoms with Crippen molar-refractivity contribution in [2.45, 2.75) is 39.3 Å². The SMILES string of the molecule is CC[C@@H](CN(C)C)Nc1nc(-c2ccncc2)nc2c1CCN(C(C)=O)C2. The first-order valence-corrected chi connectivity index (χ1v) is 9.45. The van der Waals surface area contributed by atoms with Gasteiger partial charge in [-0.2, -0.15) is 0 Å². The van der Waals surface area contributed by atoms with Crippen molar-refractivity contribution < 1.29 is 4.79 Å². The van der Waals surface area contributed by atoms with Gasteiger partial charge in [0.2, 0.25) is 5.91 Å². The van der Waals surface area contributed by atoms with Gasteiger partial charge in [0.05, 0.1) is 12.2 Å². The third-order valence-electron chi connectivity index (χ3n) is 4.87. The Labute approximate surface area is 160 Å². The van der Waals surface area contributed by atoms with Crippen LogP contribution in [-0.4, -0.2) is 63.9 Å². The van der Waals surface area contributed by atoms with Gasteiger partial charge in [0.25, 0.3) is 0 Å². The van der Waals surface area contributed by atoms with Crippen molar-refractivity contribution in [2.75, 3.05) is 32.5 Å². The highest BCUT2D eigenvalue weighted by Crippen LogP contribution is 2.27. The van der Waals surface area contributed by atoms with Crippen LogP contribution >= 0.6 is 0 Å². The third-order valence-corrected chi connectivity index (χ3v) is 4.87. The van der Waals surface area contributed by atoms with E-state index in [4.69, 9.17) is 9.97 Å². The molecule has 2 aromatic heterocycles. The van der Waals surface area contributed by atoms with E-state index in [0.29, 0.717) is 25.0 Å². The second-order valence-corrected chi connectivity index (χ2v) is 7.26. The summed E-state index contributed by atoms with van der Waals surface area (Å²) < 4.78 is 0. The maximum atomic E-state index is 11.8. The Balaban J connectivity index is 2.00. The molecule has 144 valence electrons. The van der Waals surface area contributed by atoms with E-state index in [1.807, 2.05) is 17.0 Å². The zero-order valence-corrected chi connectivity index (χ0v) is 16.6. The van der Waals surface area contributed by atoms with Gasteiger partial charge in [-0.05, 0) is 39.1 Å². The molecule has 1 atom stereocenters. The van der Waals surface area contributed by atoms with Crippen LogP contribution in [0.1, 0.15) is 31.5 Å². The van der Waals surface area contributed by atoms with Gasteiger partial charge in [-0.15, -0.1) is 0 Å². The Morgan fingerprint density at radius 3 is 2.67 bits per heavy atom. The molecule has 0 bridgehead atoms. The van der Waals surface area contributed by atoms with Crippen molar-refractivity contribution in [1.82, 2.24) is 24.8 Å². The summed E-state index contributed by atoms with van der Waals surface area (Å²) in [5.41, 5.74) is 2.99. The van der Waals surface area contributed by atoms with Crippen LogP contribution in [-0.2, 0) is 17.8 Å². The Morgan fingerprint density at radius 1 is 1.30 bits per heavy atom. The number of nitrogens with zero attached hydrogens (tertiary/aromatic N) is 5. The molecular weight excluding hydrogens is 340 g/mol. The van der Waals surface area contributed by atoms with Crippen LogP contribution in [0.5, 0.6) is 0 Å². The average Bonchev–Trinajstić information content (AvgIpc) is 2.67. The minimum atomic E-state index is 0.0817. The molecular formula is C20H28N6O. The summed E-state index contributed by atoms with van der Waals surface area (Å²) in [5, 5.41) is 3.63. The number of pyridine rings is 1. The number of carbonyl (C=O) groups excluding carboxylic acids is 1. The highest BCUT2D eigenvalue weighted by Gasteiger charge is 2.25. The van der Waals surface area contributed by atoms with Crippen LogP contribution in [0.3, 0.4) is 0 Å². The average molecular weight is 368 g/mol. The minimum Gasteiger partial charge on any atom is -0.366 e. The Kier molecular flexibility index (Phi) is 6.01. The van der Waals surface area contributed by atoms with Gasteiger partial charge in [0.1, 0.15) is 5.82 Å². The number of likely N-dealkylation sites (N-methyl/N-ethyl adjacent to an activating group) is 1. The monoisotopic (exact) mass is 368 g/mol. The van der Waals surface area contributed by atoms with E-state index in [-0.39, 0.29) is 5.91 Å². The molecule has 0 fully saturated rings. The molecule has 0 aromatic carbocycles. The molecule has 7 heteroatoms. The number of hydrogen-bond acceptors (Lipinski definition) is 6. The summed E-state index contributed by atoms with van der Waals surface area (Å²) in [4.78, 5) is 29.6. The molecule has 1 aliphatic rings. The lowest BCUT2D eigenvalue weighted by atomic mass is 10.0. The number of anilines is 1. The fraction of sp³-hybridized carbons (Fsp3) is 0.500. The Bertz CT molecular complexity index is 793. The van der Waals surface area contributed by atoms with Gasteiger partial charge >= 0.3 is 0 Å². The molecule has 0 aliphatic carbocycles. The quantitative estimate of drug-likeness (QED) is 0.843. The fourth-order valence-electron chi connectivity index (χ4n) is 3.36. The molecule has 1 N–H and O–H groups in total. The topological polar surface area (TPSA) is 74.2 Å². The number of fused-ring (bicyclic) bond motifs is 1. The third kappa shape index (κ3) is 4.60. The molecule has 0 saturated heterocycles. The lowest BCUT2D eigenvalue weighted by molar-refractivity contribution is -0.129. The number of rotatable bonds is 6. The van der Waals surface area contributed by atoms with Crippen molar-refractivity contribution in [3.63, 3.8) is 0 Å². The fourth-order valence-corrected chi connectivity index (χ4v) is 3.36. The zero-order valence-electron chi connectivity index (χ0n) is 16.6. The lowest BCUT2D eigenvalue weighted by Gasteiger charge is -2.30. The highest BCUT2D eigenvalue weighted by atomic mass is 16.2. The number of hydrogen-bond donors (Lipinski definition) is 1. The van der Waals surface area contributed by atoms with Gasteiger partial charge in [0, 0.05) is 49.6 Å². The number of aromatic nitrogens is 3. The van der Waals surface area contributed by atoms with E-state index in [0.717, 1.165) is 42.0 Å². The Morgan fingerprint density at radius 2 is 2.04 bits per heavy atom. The van der Waals surface area contributed by atoms with Crippen LogP contribution in [0.25, 0.3) is 11.4 Å². The normalized spacial score (nSPS) is 14.8. The van der Waals surface area contributed by atoms with Crippen molar-refractivity contribution in [3.05, 3.63) is 35.8 Å². The van der Waals surface area contributed by atoms with Gasteiger partial charge in [0.15, 0.2) is 5.82 Å². The number of nitrogens with one attached hydrogen (secondary N) is 1. The minimum absolute atomic E-state index is 0.0817. The summed E-state index contributed by atoms with van der Waals surface area (Å²) in [7, 11) is 4.15. The van der Waals surface area contributed by atoms with Gasteiger partial charge in [-0.25, -0.2) is 9.97 Å². The first-order chi connectivity index (χ1) is 13.0. The standard InChI is InChI=1S/C20H28N6O/c1-5-16(12-25(3)4)22-20-17-8-11-26(14(2)27)13-18(17)23-19(24-20)15-6-9-21-10-7-15/h6-7,9-10,16H,5,8,11-13H2,1-4H3,(H,22,23,24)/t16-/m0/s1. The molecule has 0 unspecified atom stereocenters. The van der Waals surface area contributed by atoms with Gasteiger partial charge in [-0.3, -0.25) is 9.78 Å². The first-order valence-electron chi connectivity index (χ1n) is 9.45. The highest BCUT2D eigenvalue weighted by molar-refractivity contribution is 5.74. The molecule has 1 amide bonds. The van der Waals surface area contributed by atoms with E-state index in [1.54, 1.807) is 19.3 Å². The second kappa shape index (κ2) is 8.43. The van der Waals surface area contributed by atoms with E-state index in [2.05, 4.69) is 36.2 Å². The van der Waals surface area contributed by atoms with Crippen LogP contribution in [0, 0.1) is 0 Å². The summed E-state index contributed by atoms with van der Waals surface area (Å²) in [6.45, 7) is 5.96. The maximum absolute atomic E-state index is 11.8. The van der Waals surface area contributed by atoms with Crippen molar-refractivity contribution in [2.24, 2.45) is 0 Å². The van der Waals surface area contributed by atoms with Crippen LogP contribution in [0.4, 0.5) is 5.82 Å². The predicted octanol–water partition coefficient (Wildman–Crippen LogP) is 2.20. The molecule has 2 aromatic rings. The van der Waals surface area contributed by atoms with E-state index >= 15 is 0 Å². The molecule has 1 aliphatic heterocycles. The largest absolute Gasteiger partial charge is 0.366 e. The van der Waals surface area contributed by atoms with Crippen LogP contribution < -0.4 is 5.32 Å². The molecule has 3 heterocycles. The van der Waals surface area contributed by atoms with Crippen LogP contribution in [0.15, 0.2) is 24.5 Å². The second-order valence-electron chi connectivity index (χ2n) is 7.26. The molecule has 0 saturated carbocycles. The van der Waals surface area contributed by atoms with Crippen molar-refractivity contribution >= 4 is 11.7 Å². The predicted molar refractivity (Wildman–Crippen MR) is 106 cm³/mol. The van der Waals surface area contributed by atoms with E-state index in [9.17, 15) is 4.79 Å². The number of amides is 1. The summed E-state index contributed by atoms with van der Waals surface area (Å²) in [5.74, 6) is 1.64.